The van der Waals surface area contributed by atoms with Crippen LogP contribution in [0.15, 0.2) is 23.6 Å². The van der Waals surface area contributed by atoms with Crippen molar-refractivity contribution < 1.29 is 8.42 Å². The molecule has 0 saturated carbocycles. The predicted octanol–water partition coefficient (Wildman–Crippen LogP) is 0.931. The van der Waals surface area contributed by atoms with Gasteiger partial charge in [0, 0.05) is 30.3 Å². The van der Waals surface area contributed by atoms with Crippen LogP contribution in [-0.4, -0.2) is 37.6 Å². The van der Waals surface area contributed by atoms with Crippen molar-refractivity contribution in [1.29, 1.82) is 0 Å². The number of sulfone groups is 1. The van der Waals surface area contributed by atoms with E-state index < -0.39 is 9.84 Å². The Morgan fingerprint density at radius 2 is 2.00 bits per heavy atom. The molecule has 22 heavy (non-hydrogen) atoms. The first-order chi connectivity index (χ1) is 10.4. The van der Waals surface area contributed by atoms with Crippen LogP contribution in [-0.2, 0) is 22.1 Å². The Kier molecular flexibility index (Phi) is 3.44. The summed E-state index contributed by atoms with van der Waals surface area (Å²) >= 11 is 0. The molecule has 3 aromatic heterocycles. The number of hydrogen-bond acceptors (Lipinski definition) is 6. The monoisotopic (exact) mass is 320 g/mol. The maximum atomic E-state index is 12.5. The highest BCUT2D eigenvalue weighted by molar-refractivity contribution is 7.90. The van der Waals surface area contributed by atoms with Gasteiger partial charge in [-0.1, -0.05) is 0 Å². The van der Waals surface area contributed by atoms with E-state index in [1.165, 1.54) is 4.52 Å². The molecule has 3 aromatic rings. The second kappa shape index (κ2) is 5.16. The van der Waals surface area contributed by atoms with Gasteiger partial charge in [0.25, 0.3) is 10.9 Å². The zero-order chi connectivity index (χ0) is 15.9. The van der Waals surface area contributed by atoms with Crippen molar-refractivity contribution in [3.05, 3.63) is 35.7 Å². The van der Waals surface area contributed by atoms with Gasteiger partial charge in [0.05, 0.1) is 0 Å². The smallest absolute Gasteiger partial charge is 0.269 e. The topological polar surface area (TPSA) is 95.0 Å². The third-order valence-electron chi connectivity index (χ3n) is 3.34. The Bertz CT molecular complexity index is 941. The van der Waals surface area contributed by atoms with Crippen molar-refractivity contribution in [1.82, 2.24) is 29.1 Å². The molecule has 9 heteroatoms. The summed E-state index contributed by atoms with van der Waals surface area (Å²) in [5, 5.41) is 3.86. The third-order valence-corrected chi connectivity index (χ3v) is 4.71. The molecule has 0 aliphatic heterocycles. The van der Waals surface area contributed by atoms with E-state index in [9.17, 15) is 8.42 Å². The summed E-state index contributed by atoms with van der Waals surface area (Å²) in [5.41, 5.74) is 1.55. The molecular weight excluding hydrogens is 304 g/mol. The van der Waals surface area contributed by atoms with E-state index in [1.54, 1.807) is 17.0 Å². The van der Waals surface area contributed by atoms with Crippen LogP contribution in [0.25, 0.3) is 5.78 Å². The number of fused-ring (bicyclic) bond motifs is 1. The van der Waals surface area contributed by atoms with Crippen LogP contribution in [0.5, 0.6) is 0 Å². The molecule has 0 aliphatic carbocycles. The minimum Gasteiger partial charge on any atom is -0.334 e. The average molecular weight is 320 g/mol. The van der Waals surface area contributed by atoms with Gasteiger partial charge >= 0.3 is 0 Å². The Labute approximate surface area is 127 Å². The van der Waals surface area contributed by atoms with Gasteiger partial charge in [-0.15, -0.1) is 5.10 Å². The molecule has 0 saturated heterocycles. The van der Waals surface area contributed by atoms with Crippen molar-refractivity contribution >= 4 is 15.6 Å². The maximum Gasteiger partial charge on any atom is 0.269 e. The highest BCUT2D eigenvalue weighted by Gasteiger charge is 2.24. The van der Waals surface area contributed by atoms with Crippen molar-refractivity contribution in [2.75, 3.05) is 0 Å². The molecule has 0 fully saturated rings. The minimum absolute atomic E-state index is 0.223. The normalized spacial score (nSPS) is 12.1. The summed E-state index contributed by atoms with van der Waals surface area (Å²) in [6.45, 7) is 6.24. The lowest BCUT2D eigenvalue weighted by atomic mass is 10.4. The van der Waals surface area contributed by atoms with Gasteiger partial charge in [0.15, 0.2) is 0 Å². The molecule has 0 unspecified atom stereocenters. The minimum atomic E-state index is -3.67. The Balaban J connectivity index is 2.04. The molecule has 116 valence electrons. The predicted molar refractivity (Wildman–Crippen MR) is 79.0 cm³/mol. The highest BCUT2D eigenvalue weighted by atomic mass is 32.2. The van der Waals surface area contributed by atoms with Crippen LogP contribution in [0.3, 0.4) is 0 Å². The molecule has 0 spiro atoms. The van der Waals surface area contributed by atoms with E-state index in [0.29, 0.717) is 12.4 Å². The molecule has 0 radical (unpaired) electrons. The molecule has 8 nitrogen and oxygen atoms in total. The van der Waals surface area contributed by atoms with Crippen molar-refractivity contribution in [2.45, 2.75) is 38.2 Å². The second-order valence-electron chi connectivity index (χ2n) is 5.03. The van der Waals surface area contributed by atoms with Crippen molar-refractivity contribution in [3.8, 4) is 0 Å². The first kappa shape index (κ1) is 14.6. The lowest BCUT2D eigenvalue weighted by molar-refractivity contribution is 0.581. The van der Waals surface area contributed by atoms with Gasteiger partial charge in [-0.05, 0) is 26.8 Å². The van der Waals surface area contributed by atoms with Gasteiger partial charge in [0.1, 0.15) is 11.6 Å². The molecule has 3 heterocycles. The molecule has 3 rings (SSSR count). The third kappa shape index (κ3) is 2.47. The summed E-state index contributed by atoms with van der Waals surface area (Å²) in [6.07, 6.45) is 3.33. The van der Waals surface area contributed by atoms with Gasteiger partial charge in [-0.2, -0.15) is 4.98 Å². The first-order valence-electron chi connectivity index (χ1n) is 6.84. The summed E-state index contributed by atoms with van der Waals surface area (Å²) in [6, 6.07) is 1.82. The zero-order valence-electron chi connectivity index (χ0n) is 12.6. The molecule has 0 atom stereocenters. The molecule has 0 bridgehead atoms. The Morgan fingerprint density at radius 1 is 1.23 bits per heavy atom. The van der Waals surface area contributed by atoms with E-state index in [1.807, 2.05) is 26.8 Å². The molecule has 0 amide bonds. The molecular formula is C13H16N6O2S. The van der Waals surface area contributed by atoms with Gasteiger partial charge in [-0.25, -0.2) is 22.9 Å². The van der Waals surface area contributed by atoms with Gasteiger partial charge < -0.3 is 4.57 Å². The largest absolute Gasteiger partial charge is 0.334 e. The average Bonchev–Trinajstić information content (AvgIpc) is 3.04. The molecule has 0 N–H and O–H groups in total. The lowest BCUT2D eigenvalue weighted by Crippen LogP contribution is -2.12. The van der Waals surface area contributed by atoms with Crippen LogP contribution < -0.4 is 0 Å². The number of aromatic nitrogens is 6. The highest BCUT2D eigenvalue weighted by Crippen LogP contribution is 2.14. The summed E-state index contributed by atoms with van der Waals surface area (Å²) < 4.78 is 28.2. The standard InChI is InChI=1S/C13H16N6O2S/c1-4-18-6-5-14-11(18)8-22(20,21)13-16-12-15-9(2)7-10(3)19(12)17-13/h5-7H,4,8H2,1-3H3. The number of aryl methyl sites for hydroxylation is 3. The Hall–Kier alpha value is -2.29. The van der Waals surface area contributed by atoms with Gasteiger partial charge in [0.2, 0.25) is 9.84 Å². The van der Waals surface area contributed by atoms with Crippen LogP contribution >= 0.6 is 0 Å². The quantitative estimate of drug-likeness (QED) is 0.710. The number of rotatable bonds is 4. The fraction of sp³-hybridized carbons (Fsp3) is 0.385. The molecule has 0 aliphatic rings. The van der Waals surface area contributed by atoms with Crippen LogP contribution in [0.1, 0.15) is 24.1 Å². The van der Waals surface area contributed by atoms with E-state index in [4.69, 9.17) is 0 Å². The van der Waals surface area contributed by atoms with Crippen LogP contribution in [0.2, 0.25) is 0 Å². The fourth-order valence-corrected chi connectivity index (χ4v) is 3.42. The van der Waals surface area contributed by atoms with Crippen LogP contribution in [0, 0.1) is 13.8 Å². The zero-order valence-corrected chi connectivity index (χ0v) is 13.4. The second-order valence-corrected chi connectivity index (χ2v) is 6.92. The summed E-state index contributed by atoms with van der Waals surface area (Å²) in [5.74, 6) is 0.528. The summed E-state index contributed by atoms with van der Waals surface area (Å²) in [4.78, 5) is 12.4. The van der Waals surface area contributed by atoms with E-state index >= 15 is 0 Å². The van der Waals surface area contributed by atoms with Crippen LogP contribution in [0.4, 0.5) is 0 Å². The first-order valence-corrected chi connectivity index (χ1v) is 8.49. The fourth-order valence-electron chi connectivity index (χ4n) is 2.28. The number of imidazole rings is 1. The van der Waals surface area contributed by atoms with Gasteiger partial charge in [-0.3, -0.25) is 0 Å². The van der Waals surface area contributed by atoms with E-state index in [2.05, 4.69) is 20.1 Å². The lowest BCUT2D eigenvalue weighted by Gasteiger charge is -2.03. The molecule has 0 aromatic carbocycles. The van der Waals surface area contributed by atoms with E-state index in [-0.39, 0.29) is 16.7 Å². The maximum absolute atomic E-state index is 12.5. The number of hydrogen-bond donors (Lipinski definition) is 0. The SMILES string of the molecule is CCn1ccnc1CS(=O)(=O)c1nc2nc(C)cc(C)n2n1. The van der Waals surface area contributed by atoms with Crippen molar-refractivity contribution in [3.63, 3.8) is 0 Å². The summed E-state index contributed by atoms with van der Waals surface area (Å²) in [7, 11) is -3.67. The van der Waals surface area contributed by atoms with Crippen molar-refractivity contribution in [2.24, 2.45) is 0 Å². The number of nitrogens with zero attached hydrogens (tertiary/aromatic N) is 6. The Morgan fingerprint density at radius 3 is 2.73 bits per heavy atom. The van der Waals surface area contributed by atoms with E-state index in [0.717, 1.165) is 11.4 Å².